The number of rotatable bonds is 2. The Bertz CT molecular complexity index is 1010. The average molecular weight is 445 g/mol. The number of hydrogen-bond donors (Lipinski definition) is 1. The lowest BCUT2D eigenvalue weighted by atomic mass is 9.78. The van der Waals surface area contributed by atoms with Crippen LogP contribution in [0.5, 0.6) is 0 Å². The monoisotopic (exact) mass is 444 g/mol. The smallest absolute Gasteiger partial charge is 0.254 e. The molecule has 2 aromatic rings. The third-order valence-electron chi connectivity index (χ3n) is 6.88. The van der Waals surface area contributed by atoms with E-state index in [4.69, 9.17) is 23.2 Å². The molecule has 3 unspecified atom stereocenters. The van der Waals surface area contributed by atoms with Crippen LogP contribution in [-0.4, -0.2) is 33.2 Å². The van der Waals surface area contributed by atoms with Crippen LogP contribution in [0, 0.1) is 5.92 Å². The van der Waals surface area contributed by atoms with Crippen LogP contribution >= 0.6 is 23.2 Å². The summed E-state index contributed by atoms with van der Waals surface area (Å²) < 4.78 is 1.82. The van der Waals surface area contributed by atoms with Crippen molar-refractivity contribution < 1.29 is 4.79 Å². The molecule has 30 heavy (non-hydrogen) atoms. The van der Waals surface area contributed by atoms with Gasteiger partial charge in [-0.15, -0.1) is 0 Å². The van der Waals surface area contributed by atoms with Crippen LogP contribution in [0.15, 0.2) is 41.7 Å². The molecule has 1 aromatic heterocycles. The van der Waals surface area contributed by atoms with E-state index < -0.39 is 0 Å². The third kappa shape index (κ3) is 3.32. The highest BCUT2D eigenvalue weighted by atomic mass is 35.5. The van der Waals surface area contributed by atoms with Crippen molar-refractivity contribution in [2.45, 2.75) is 57.5 Å². The number of carbonyl (C=O) groups excluding carboxylic acids is 1. The van der Waals surface area contributed by atoms with Gasteiger partial charge in [0.2, 0.25) is 0 Å². The molecule has 2 aliphatic heterocycles. The lowest BCUT2D eigenvalue weighted by Gasteiger charge is -2.45. The zero-order valence-electron chi connectivity index (χ0n) is 17.1. The normalized spacial score (nSPS) is 26.1. The van der Waals surface area contributed by atoms with E-state index in [-0.39, 0.29) is 11.9 Å². The predicted molar refractivity (Wildman–Crippen MR) is 120 cm³/mol. The predicted octanol–water partition coefficient (Wildman–Crippen LogP) is 5.66. The Balaban J connectivity index is 1.58. The number of likely N-dealkylation sites (tertiary alicyclic amines) is 1. The number of benzene rings is 1. The van der Waals surface area contributed by atoms with Crippen LogP contribution in [0.4, 0.5) is 5.82 Å². The molecule has 2 fully saturated rings. The topological polar surface area (TPSA) is 50.2 Å². The number of anilines is 1. The van der Waals surface area contributed by atoms with Gasteiger partial charge in [-0.2, -0.15) is 5.10 Å². The molecule has 0 spiro atoms. The maximum atomic E-state index is 14.0. The number of nitrogens with zero attached hydrogens (tertiary/aromatic N) is 3. The number of allylic oxidation sites excluding steroid dienone is 1. The number of halogens is 2. The summed E-state index contributed by atoms with van der Waals surface area (Å²) in [5.74, 6) is 1.46. The van der Waals surface area contributed by atoms with Gasteiger partial charge in [-0.25, -0.2) is 4.68 Å². The number of fused-ring (bicyclic) bond motifs is 2. The summed E-state index contributed by atoms with van der Waals surface area (Å²) in [6.07, 6.45) is 8.78. The van der Waals surface area contributed by atoms with E-state index >= 15 is 0 Å². The molecule has 0 bridgehead atoms. The van der Waals surface area contributed by atoms with Crippen LogP contribution < -0.4 is 5.32 Å². The molecule has 3 atom stereocenters. The van der Waals surface area contributed by atoms with E-state index in [1.807, 2.05) is 35.9 Å². The van der Waals surface area contributed by atoms with Crippen molar-refractivity contribution >= 4 is 34.9 Å². The molecule has 1 amide bonds. The van der Waals surface area contributed by atoms with Gasteiger partial charge in [0.05, 0.1) is 11.8 Å². The molecule has 3 heterocycles. The van der Waals surface area contributed by atoms with Crippen molar-refractivity contribution in [1.82, 2.24) is 14.7 Å². The van der Waals surface area contributed by atoms with Crippen molar-refractivity contribution in [3.63, 3.8) is 0 Å². The summed E-state index contributed by atoms with van der Waals surface area (Å²) in [5.41, 5.74) is 2.50. The Morgan fingerprint density at radius 3 is 2.80 bits per heavy atom. The summed E-state index contributed by atoms with van der Waals surface area (Å²) in [4.78, 5) is 16.2. The van der Waals surface area contributed by atoms with Crippen LogP contribution in [0.1, 0.15) is 57.1 Å². The van der Waals surface area contributed by atoms with E-state index in [1.165, 1.54) is 25.7 Å². The molecule has 158 valence electrons. The summed E-state index contributed by atoms with van der Waals surface area (Å²) in [5, 5.41) is 9.02. The Labute approximate surface area is 187 Å². The van der Waals surface area contributed by atoms with Gasteiger partial charge < -0.3 is 10.2 Å². The number of hydrogen-bond acceptors (Lipinski definition) is 3. The molecular formula is C23H26Cl2N4O. The third-order valence-corrected chi connectivity index (χ3v) is 7.39. The highest BCUT2D eigenvalue weighted by molar-refractivity contribution is 6.33. The van der Waals surface area contributed by atoms with Crippen LogP contribution in [0.3, 0.4) is 0 Å². The Morgan fingerprint density at radius 2 is 1.97 bits per heavy atom. The second-order valence-corrected chi connectivity index (χ2v) is 9.50. The highest BCUT2D eigenvalue weighted by Gasteiger charge is 2.41. The molecule has 5 nitrogen and oxygen atoms in total. The molecule has 0 radical (unpaired) electrons. The van der Waals surface area contributed by atoms with Crippen LogP contribution in [0.25, 0.3) is 0 Å². The summed E-state index contributed by atoms with van der Waals surface area (Å²) in [6, 6.07) is 7.67. The largest absolute Gasteiger partial charge is 0.342 e. The number of nitrogens with one attached hydrogen (secondary N) is 1. The Morgan fingerprint density at radius 1 is 1.17 bits per heavy atom. The second-order valence-electron chi connectivity index (χ2n) is 8.66. The first-order chi connectivity index (χ1) is 14.5. The fraction of sp³-hybridized carbons (Fsp3) is 0.478. The molecule has 1 saturated heterocycles. The van der Waals surface area contributed by atoms with E-state index in [0.717, 1.165) is 36.2 Å². The van der Waals surface area contributed by atoms with Crippen molar-refractivity contribution in [2.24, 2.45) is 5.92 Å². The minimum Gasteiger partial charge on any atom is -0.342 e. The van der Waals surface area contributed by atoms with Gasteiger partial charge in [0.25, 0.3) is 5.91 Å². The van der Waals surface area contributed by atoms with Gasteiger partial charge in [-0.3, -0.25) is 4.79 Å². The summed E-state index contributed by atoms with van der Waals surface area (Å²) >= 11 is 12.7. The Kier molecular flexibility index (Phi) is 5.28. The van der Waals surface area contributed by atoms with E-state index in [9.17, 15) is 4.79 Å². The minimum absolute atomic E-state index is 0.110. The van der Waals surface area contributed by atoms with Gasteiger partial charge >= 0.3 is 0 Å². The number of amides is 1. The van der Waals surface area contributed by atoms with Crippen LogP contribution in [-0.2, 0) is 4.79 Å². The molecule has 1 aliphatic carbocycles. The maximum absolute atomic E-state index is 14.0. The van der Waals surface area contributed by atoms with Crippen molar-refractivity contribution in [1.29, 1.82) is 0 Å². The van der Waals surface area contributed by atoms with Gasteiger partial charge in [-0.1, -0.05) is 48.2 Å². The fourth-order valence-corrected chi connectivity index (χ4v) is 5.90. The molecule has 1 aromatic carbocycles. The quantitative estimate of drug-likeness (QED) is 0.649. The molecule has 5 rings (SSSR count). The first-order valence-corrected chi connectivity index (χ1v) is 11.6. The summed E-state index contributed by atoms with van der Waals surface area (Å²) in [7, 11) is 0. The van der Waals surface area contributed by atoms with Gasteiger partial charge in [0, 0.05) is 23.3 Å². The first-order valence-electron chi connectivity index (χ1n) is 10.8. The molecule has 1 saturated carbocycles. The molecular weight excluding hydrogens is 419 g/mol. The van der Waals surface area contributed by atoms with E-state index in [0.29, 0.717) is 27.8 Å². The lowest BCUT2D eigenvalue weighted by molar-refractivity contribution is -0.133. The zero-order valence-corrected chi connectivity index (χ0v) is 18.6. The maximum Gasteiger partial charge on any atom is 0.254 e. The summed E-state index contributed by atoms with van der Waals surface area (Å²) in [6.45, 7) is 2.78. The molecule has 1 N–H and O–H groups in total. The van der Waals surface area contributed by atoms with Crippen molar-refractivity contribution in [2.75, 3.05) is 11.9 Å². The van der Waals surface area contributed by atoms with Crippen molar-refractivity contribution in [3.05, 3.63) is 57.3 Å². The zero-order chi connectivity index (χ0) is 20.8. The van der Waals surface area contributed by atoms with Crippen molar-refractivity contribution in [3.8, 4) is 0 Å². The minimum atomic E-state index is -0.357. The number of carbonyl (C=O) groups is 1. The second kappa shape index (κ2) is 7.93. The number of piperidine rings is 1. The van der Waals surface area contributed by atoms with Crippen LogP contribution in [0.2, 0.25) is 10.0 Å². The molecule has 3 aliphatic rings. The number of aromatic nitrogens is 2. The lowest BCUT2D eigenvalue weighted by Crippen LogP contribution is -2.51. The first kappa shape index (κ1) is 20.0. The van der Waals surface area contributed by atoms with Gasteiger partial charge in [0.15, 0.2) is 0 Å². The fourth-order valence-electron chi connectivity index (χ4n) is 5.52. The SMILES string of the molecule is CC1=C(C(=O)N2CCCC3CCCCC32)C(c2cccc(Cl)c2)n2ncc(Cl)c2N1. The van der Waals surface area contributed by atoms with Gasteiger partial charge in [-0.05, 0) is 56.2 Å². The van der Waals surface area contributed by atoms with Gasteiger partial charge in [0.1, 0.15) is 16.9 Å². The van der Waals surface area contributed by atoms with E-state index in [1.54, 1.807) is 6.20 Å². The highest BCUT2D eigenvalue weighted by Crippen LogP contribution is 2.42. The molecule has 7 heteroatoms. The Hall–Kier alpha value is -1.98. The standard InChI is InChI=1S/C23H26Cl2N4O/c1-14-20(23(30)28-11-5-8-15-6-2-3-10-19(15)28)21(16-7-4-9-17(24)12-16)29-22(27-14)18(25)13-26-29/h4,7,9,12-13,15,19,21,27H,2-3,5-6,8,10-11H2,1H3. The average Bonchev–Trinajstić information content (AvgIpc) is 3.12. The van der Waals surface area contributed by atoms with E-state index in [2.05, 4.69) is 15.3 Å².